The number of methoxy groups -OCH3 is 1. The summed E-state index contributed by atoms with van der Waals surface area (Å²) in [5.41, 5.74) is 0. The predicted octanol–water partition coefficient (Wildman–Crippen LogP) is 9.79. The van der Waals surface area contributed by atoms with Gasteiger partial charge in [-0.2, -0.15) is 0 Å². The lowest BCUT2D eigenvalue weighted by atomic mass is 10.1. The van der Waals surface area contributed by atoms with Crippen LogP contribution in [0.15, 0.2) is 0 Å². The Morgan fingerprint density at radius 3 is 1.38 bits per heavy atom. The SMILES string of the molecule is CC(C)OC(=O)CCCC[C@@H]1CCSS1.CCOC(=O)CCCC[C@@H]1CCSS1.COC(=O)CCCC[C@@H]1CCSS1. The van der Waals surface area contributed by atoms with Gasteiger partial charge < -0.3 is 14.2 Å². The molecule has 6 nitrogen and oxygen atoms in total. The number of rotatable bonds is 17. The topological polar surface area (TPSA) is 78.9 Å². The maximum absolute atomic E-state index is 11.2. The van der Waals surface area contributed by atoms with E-state index in [1.54, 1.807) is 0 Å². The first-order valence-electron chi connectivity index (χ1n) is 15.6. The average Bonchev–Trinajstić information content (AvgIpc) is 3.77. The first-order chi connectivity index (χ1) is 20.3. The number of hydrogen-bond acceptors (Lipinski definition) is 12. The highest BCUT2D eigenvalue weighted by Crippen LogP contribution is 2.41. The van der Waals surface area contributed by atoms with Crippen molar-refractivity contribution in [2.75, 3.05) is 31.0 Å². The van der Waals surface area contributed by atoms with Gasteiger partial charge >= 0.3 is 17.9 Å². The molecule has 42 heavy (non-hydrogen) atoms. The third-order valence-electron chi connectivity index (χ3n) is 6.55. The number of esters is 3. The molecule has 0 saturated carbocycles. The van der Waals surface area contributed by atoms with Crippen LogP contribution >= 0.6 is 64.8 Å². The normalized spacial score (nSPS) is 21.2. The third-order valence-corrected chi connectivity index (χ3v) is 15.6. The van der Waals surface area contributed by atoms with E-state index in [4.69, 9.17) is 9.47 Å². The Labute approximate surface area is 279 Å². The molecule has 3 aliphatic heterocycles. The second kappa shape index (κ2) is 27.8. The molecule has 3 saturated heterocycles. The summed E-state index contributed by atoms with van der Waals surface area (Å²) >= 11 is 0. The summed E-state index contributed by atoms with van der Waals surface area (Å²) in [5.74, 6) is 3.73. The minimum Gasteiger partial charge on any atom is -0.469 e. The molecular formula is C30H54O6S6. The van der Waals surface area contributed by atoms with Crippen molar-refractivity contribution in [3.63, 3.8) is 0 Å². The van der Waals surface area contributed by atoms with Gasteiger partial charge in [-0.1, -0.05) is 84.0 Å². The van der Waals surface area contributed by atoms with Crippen LogP contribution in [0.25, 0.3) is 0 Å². The Balaban J connectivity index is 0.000000316. The van der Waals surface area contributed by atoms with Crippen LogP contribution in [-0.4, -0.2) is 70.7 Å². The summed E-state index contributed by atoms with van der Waals surface area (Å²) in [7, 11) is 13.4. The standard InChI is InChI=1S/C11H20O2S2.C10H18O2S2.C9H16O2S2/c1-9(2)13-11(12)6-4-3-5-10-7-8-14-15-10;1-2-12-10(11)6-4-3-5-9-7-8-13-14-9;1-11-9(10)5-3-2-4-8-6-7-12-13-8/h9-10H,3-8H2,1-2H3;9H,2-8H2,1H3;8H,2-7H2,1H3/t10-;9-;8-/m111/s1. The highest BCUT2D eigenvalue weighted by Gasteiger charge is 2.17. The number of carbonyl (C=O) groups excluding carboxylic acids is 3. The fourth-order valence-corrected chi connectivity index (χ4v) is 13.4. The fourth-order valence-electron chi connectivity index (χ4n) is 4.27. The van der Waals surface area contributed by atoms with Crippen LogP contribution < -0.4 is 0 Å². The maximum Gasteiger partial charge on any atom is 0.306 e. The first kappa shape index (κ1) is 40.5. The monoisotopic (exact) mass is 702 g/mol. The Kier molecular flexibility index (Phi) is 26.8. The second-order valence-electron chi connectivity index (χ2n) is 10.6. The summed E-state index contributed by atoms with van der Waals surface area (Å²) in [6.45, 7) is 6.15. The second-order valence-corrected chi connectivity index (χ2v) is 19.0. The number of unbranched alkanes of at least 4 members (excludes halogenated alkanes) is 3. The summed E-state index contributed by atoms with van der Waals surface area (Å²) in [6.07, 6.45) is 16.0. The van der Waals surface area contributed by atoms with E-state index in [9.17, 15) is 14.4 Å². The molecule has 246 valence electrons. The largest absolute Gasteiger partial charge is 0.469 e. The van der Waals surface area contributed by atoms with E-state index in [1.807, 2.05) is 85.5 Å². The highest BCUT2D eigenvalue weighted by molar-refractivity contribution is 8.78. The molecule has 3 atom stereocenters. The summed E-state index contributed by atoms with van der Waals surface area (Å²) in [6, 6.07) is 0. The van der Waals surface area contributed by atoms with Crippen LogP contribution in [0.2, 0.25) is 0 Å². The molecule has 3 heterocycles. The molecular weight excluding hydrogens is 649 g/mol. The van der Waals surface area contributed by atoms with E-state index in [0.717, 1.165) is 54.3 Å². The number of carbonyl (C=O) groups is 3. The fraction of sp³-hybridized carbons (Fsp3) is 0.900. The summed E-state index contributed by atoms with van der Waals surface area (Å²) in [5, 5.41) is 2.50. The number of ether oxygens (including phenoxy) is 3. The minimum absolute atomic E-state index is 0.0271. The third kappa shape index (κ3) is 23.8. The van der Waals surface area contributed by atoms with Gasteiger partial charge in [0.15, 0.2) is 0 Å². The van der Waals surface area contributed by atoms with Gasteiger partial charge in [-0.05, 0) is 78.6 Å². The Hall–Kier alpha value is 0.510. The van der Waals surface area contributed by atoms with Crippen LogP contribution in [-0.2, 0) is 28.6 Å². The van der Waals surface area contributed by atoms with Gasteiger partial charge in [-0.15, -0.1) is 0 Å². The van der Waals surface area contributed by atoms with Gasteiger partial charge in [0.2, 0.25) is 0 Å². The Morgan fingerprint density at radius 2 is 1.05 bits per heavy atom. The molecule has 0 N–H and O–H groups in total. The molecule has 0 bridgehead atoms. The lowest BCUT2D eigenvalue weighted by Gasteiger charge is -2.08. The quantitative estimate of drug-likeness (QED) is 0.0627. The highest BCUT2D eigenvalue weighted by atomic mass is 33.1. The van der Waals surface area contributed by atoms with Gasteiger partial charge in [-0.3, -0.25) is 14.4 Å². The molecule has 3 aliphatic rings. The molecule has 0 unspecified atom stereocenters. The lowest BCUT2D eigenvalue weighted by Crippen LogP contribution is -2.11. The first-order valence-corrected chi connectivity index (χ1v) is 22.7. The molecule has 0 aromatic rings. The Bertz CT molecular complexity index is 696. The zero-order chi connectivity index (χ0) is 30.8. The van der Waals surface area contributed by atoms with E-state index in [2.05, 4.69) is 4.74 Å². The van der Waals surface area contributed by atoms with Gasteiger partial charge in [-0.25, -0.2) is 0 Å². The van der Waals surface area contributed by atoms with E-state index >= 15 is 0 Å². The molecule has 0 spiro atoms. The van der Waals surface area contributed by atoms with Crippen LogP contribution in [0.1, 0.15) is 117 Å². The van der Waals surface area contributed by atoms with Crippen molar-refractivity contribution >= 4 is 82.7 Å². The van der Waals surface area contributed by atoms with Crippen molar-refractivity contribution in [2.45, 2.75) is 139 Å². The maximum atomic E-state index is 11.2. The molecule has 12 heteroatoms. The van der Waals surface area contributed by atoms with E-state index in [0.29, 0.717) is 25.9 Å². The van der Waals surface area contributed by atoms with Gasteiger partial charge in [0, 0.05) is 52.3 Å². The van der Waals surface area contributed by atoms with E-state index in [-0.39, 0.29) is 24.0 Å². The van der Waals surface area contributed by atoms with Crippen LogP contribution in [0.5, 0.6) is 0 Å². The van der Waals surface area contributed by atoms with Crippen molar-refractivity contribution in [1.82, 2.24) is 0 Å². The molecule has 0 aromatic carbocycles. The van der Waals surface area contributed by atoms with Gasteiger partial charge in [0.25, 0.3) is 0 Å². The number of hydrogen-bond donors (Lipinski definition) is 0. The zero-order valence-electron chi connectivity index (χ0n) is 26.1. The van der Waals surface area contributed by atoms with E-state index in [1.165, 1.54) is 62.9 Å². The van der Waals surface area contributed by atoms with Crippen molar-refractivity contribution < 1.29 is 28.6 Å². The van der Waals surface area contributed by atoms with Crippen molar-refractivity contribution in [3.05, 3.63) is 0 Å². The summed E-state index contributed by atoms with van der Waals surface area (Å²) < 4.78 is 14.5. The van der Waals surface area contributed by atoms with Crippen molar-refractivity contribution in [1.29, 1.82) is 0 Å². The lowest BCUT2D eigenvalue weighted by molar-refractivity contribution is -0.147. The molecule has 3 fully saturated rings. The van der Waals surface area contributed by atoms with Crippen LogP contribution in [0.3, 0.4) is 0 Å². The smallest absolute Gasteiger partial charge is 0.306 e. The van der Waals surface area contributed by atoms with Crippen molar-refractivity contribution in [2.24, 2.45) is 0 Å². The molecule has 3 rings (SSSR count). The zero-order valence-corrected chi connectivity index (χ0v) is 31.0. The van der Waals surface area contributed by atoms with Gasteiger partial charge in [0.1, 0.15) is 0 Å². The minimum atomic E-state index is -0.0755. The van der Waals surface area contributed by atoms with E-state index < -0.39 is 0 Å². The Morgan fingerprint density at radius 1 is 0.643 bits per heavy atom. The van der Waals surface area contributed by atoms with Crippen molar-refractivity contribution in [3.8, 4) is 0 Å². The predicted molar refractivity (Wildman–Crippen MR) is 191 cm³/mol. The van der Waals surface area contributed by atoms with Gasteiger partial charge in [0.05, 0.1) is 19.8 Å². The molecule has 0 radical (unpaired) electrons. The molecule has 0 amide bonds. The molecule has 0 aliphatic carbocycles. The van der Waals surface area contributed by atoms with Crippen LogP contribution in [0.4, 0.5) is 0 Å². The molecule has 0 aromatic heterocycles. The average molecular weight is 703 g/mol. The van der Waals surface area contributed by atoms with Crippen LogP contribution in [0, 0.1) is 0 Å². The summed E-state index contributed by atoms with van der Waals surface area (Å²) in [4.78, 5) is 33.0.